The van der Waals surface area contributed by atoms with Gasteiger partial charge in [-0.25, -0.2) is 8.42 Å². The minimum atomic E-state index is -4.03. The highest BCUT2D eigenvalue weighted by molar-refractivity contribution is 7.89. The highest BCUT2D eigenvalue weighted by Crippen LogP contribution is 2.31. The van der Waals surface area contributed by atoms with Gasteiger partial charge in [0.1, 0.15) is 11.3 Å². The van der Waals surface area contributed by atoms with Crippen LogP contribution in [0.2, 0.25) is 0 Å². The monoisotopic (exact) mass is 436 g/mol. The summed E-state index contributed by atoms with van der Waals surface area (Å²) < 4.78 is 34.4. The van der Waals surface area contributed by atoms with Gasteiger partial charge in [0.25, 0.3) is 0 Å². The highest BCUT2D eigenvalue weighted by atomic mass is 32.2. The van der Waals surface area contributed by atoms with Gasteiger partial charge in [0.05, 0.1) is 4.90 Å². The van der Waals surface area contributed by atoms with Gasteiger partial charge >= 0.3 is 0 Å². The van der Waals surface area contributed by atoms with E-state index < -0.39 is 16.3 Å². The Hall–Kier alpha value is -3.13. The molecule has 0 amide bonds. The predicted octanol–water partition coefficient (Wildman–Crippen LogP) is 4.44. The molecule has 1 aromatic heterocycles. The molecule has 6 nitrogen and oxygen atoms in total. The van der Waals surface area contributed by atoms with Gasteiger partial charge in [-0.1, -0.05) is 48.0 Å². The SMILES string of the molecule is Cc1ccc(S(=O)(=O)NC(O)c2cc3ccc(N(C)C)cc3o2)c(-c2ccccc2)c1. The third-order valence-electron chi connectivity index (χ3n) is 5.08. The first kappa shape index (κ1) is 21.1. The van der Waals surface area contributed by atoms with E-state index in [4.69, 9.17) is 4.42 Å². The van der Waals surface area contributed by atoms with Gasteiger partial charge in [-0.05, 0) is 36.8 Å². The van der Waals surface area contributed by atoms with Crippen LogP contribution in [-0.4, -0.2) is 27.6 Å². The molecule has 4 aromatic rings. The Morgan fingerprint density at radius 1 is 0.968 bits per heavy atom. The summed E-state index contributed by atoms with van der Waals surface area (Å²) in [5.74, 6) is 0.128. The van der Waals surface area contributed by atoms with Crippen molar-refractivity contribution in [2.24, 2.45) is 0 Å². The Balaban J connectivity index is 1.67. The van der Waals surface area contributed by atoms with Crippen molar-refractivity contribution in [1.29, 1.82) is 0 Å². The fourth-order valence-corrected chi connectivity index (χ4v) is 4.69. The van der Waals surface area contributed by atoms with Crippen LogP contribution in [0.4, 0.5) is 5.69 Å². The molecule has 0 aliphatic heterocycles. The standard InChI is InChI=1S/C24H24N2O4S/c1-16-9-12-23(20(13-16)17-7-5-4-6-8-17)31(28,29)25-24(27)22-14-18-10-11-19(26(2)3)15-21(18)30-22/h4-15,24-25,27H,1-3H3. The summed E-state index contributed by atoms with van der Waals surface area (Å²) in [6.45, 7) is 1.90. The van der Waals surface area contributed by atoms with Crippen molar-refractivity contribution in [2.45, 2.75) is 18.0 Å². The van der Waals surface area contributed by atoms with Gasteiger partial charge < -0.3 is 14.4 Å². The van der Waals surface area contributed by atoms with Gasteiger partial charge in [-0.15, -0.1) is 0 Å². The number of fused-ring (bicyclic) bond motifs is 1. The van der Waals surface area contributed by atoms with Gasteiger partial charge in [0, 0.05) is 36.8 Å². The minimum absolute atomic E-state index is 0.0920. The second kappa shape index (κ2) is 8.19. The quantitative estimate of drug-likeness (QED) is 0.437. The van der Waals surface area contributed by atoms with Crippen molar-refractivity contribution in [3.8, 4) is 11.1 Å². The van der Waals surface area contributed by atoms with Crippen LogP contribution in [0.3, 0.4) is 0 Å². The average Bonchev–Trinajstić information content (AvgIpc) is 3.17. The first-order valence-electron chi connectivity index (χ1n) is 9.82. The molecule has 0 bridgehead atoms. The molecule has 0 spiro atoms. The lowest BCUT2D eigenvalue weighted by molar-refractivity contribution is 0.141. The average molecular weight is 437 g/mol. The molecule has 7 heteroatoms. The lowest BCUT2D eigenvalue weighted by atomic mass is 10.0. The fourth-order valence-electron chi connectivity index (χ4n) is 3.44. The summed E-state index contributed by atoms with van der Waals surface area (Å²) in [5.41, 5.74) is 3.80. The van der Waals surface area contributed by atoms with Crippen molar-refractivity contribution in [1.82, 2.24) is 4.72 Å². The number of aryl methyl sites for hydroxylation is 1. The van der Waals surface area contributed by atoms with E-state index in [0.29, 0.717) is 11.1 Å². The molecule has 0 aliphatic carbocycles. The van der Waals surface area contributed by atoms with Crippen LogP contribution >= 0.6 is 0 Å². The van der Waals surface area contributed by atoms with Crippen LogP contribution in [0, 0.1) is 6.92 Å². The Morgan fingerprint density at radius 2 is 1.71 bits per heavy atom. The van der Waals surface area contributed by atoms with Gasteiger partial charge in [-0.3, -0.25) is 0 Å². The number of sulfonamides is 1. The smallest absolute Gasteiger partial charge is 0.243 e. The number of anilines is 1. The summed E-state index contributed by atoms with van der Waals surface area (Å²) in [6.07, 6.45) is -1.52. The summed E-state index contributed by atoms with van der Waals surface area (Å²) in [6, 6.07) is 21.7. The van der Waals surface area contributed by atoms with E-state index in [-0.39, 0.29) is 10.7 Å². The van der Waals surface area contributed by atoms with Gasteiger partial charge in [0.15, 0.2) is 6.23 Å². The number of nitrogens with one attached hydrogen (secondary N) is 1. The van der Waals surface area contributed by atoms with Crippen molar-refractivity contribution in [3.63, 3.8) is 0 Å². The predicted molar refractivity (Wildman–Crippen MR) is 122 cm³/mol. The molecule has 1 atom stereocenters. The zero-order valence-corrected chi connectivity index (χ0v) is 18.3. The number of hydrogen-bond acceptors (Lipinski definition) is 5. The van der Waals surface area contributed by atoms with Crippen molar-refractivity contribution < 1.29 is 17.9 Å². The third-order valence-corrected chi connectivity index (χ3v) is 6.55. The van der Waals surface area contributed by atoms with Gasteiger partial charge in [0.2, 0.25) is 10.0 Å². The molecule has 2 N–H and O–H groups in total. The first-order valence-corrected chi connectivity index (χ1v) is 11.3. The number of aliphatic hydroxyl groups excluding tert-OH is 1. The highest BCUT2D eigenvalue weighted by Gasteiger charge is 2.25. The van der Waals surface area contributed by atoms with Crippen molar-refractivity contribution in [3.05, 3.63) is 84.1 Å². The Morgan fingerprint density at radius 3 is 2.42 bits per heavy atom. The number of rotatable bonds is 6. The summed E-state index contributed by atoms with van der Waals surface area (Å²) in [5, 5.41) is 11.4. The van der Waals surface area contributed by atoms with Crippen molar-refractivity contribution >= 4 is 26.7 Å². The van der Waals surface area contributed by atoms with Crippen molar-refractivity contribution in [2.75, 3.05) is 19.0 Å². The van der Waals surface area contributed by atoms with E-state index in [1.54, 1.807) is 18.2 Å². The topological polar surface area (TPSA) is 82.8 Å². The van der Waals surface area contributed by atoms with E-state index in [0.717, 1.165) is 22.2 Å². The molecule has 0 saturated carbocycles. The molecule has 0 fully saturated rings. The van der Waals surface area contributed by atoms with E-state index in [1.165, 1.54) is 0 Å². The number of aliphatic hydroxyl groups is 1. The van der Waals surface area contributed by atoms with Crippen LogP contribution in [0.25, 0.3) is 22.1 Å². The maximum atomic E-state index is 13.2. The van der Waals surface area contributed by atoms with E-state index in [2.05, 4.69) is 4.72 Å². The lowest BCUT2D eigenvalue weighted by Crippen LogP contribution is -2.28. The molecule has 0 radical (unpaired) electrons. The zero-order valence-electron chi connectivity index (χ0n) is 17.5. The molecule has 160 valence electrons. The third kappa shape index (κ3) is 4.34. The van der Waals surface area contributed by atoms with Crippen LogP contribution < -0.4 is 9.62 Å². The summed E-state index contributed by atoms with van der Waals surface area (Å²) in [4.78, 5) is 2.03. The maximum absolute atomic E-state index is 13.2. The molecule has 0 saturated heterocycles. The lowest BCUT2D eigenvalue weighted by Gasteiger charge is -2.15. The second-order valence-corrected chi connectivity index (χ2v) is 9.34. The number of furan rings is 1. The van der Waals surface area contributed by atoms with Gasteiger partial charge in [-0.2, -0.15) is 4.72 Å². The molecule has 4 rings (SSSR count). The Labute approximate surface area is 181 Å². The van der Waals surface area contributed by atoms with E-state index in [9.17, 15) is 13.5 Å². The largest absolute Gasteiger partial charge is 0.457 e. The fraction of sp³-hybridized carbons (Fsp3) is 0.167. The molecule has 1 unspecified atom stereocenters. The van der Waals surface area contributed by atoms with E-state index in [1.807, 2.05) is 80.5 Å². The molecule has 31 heavy (non-hydrogen) atoms. The second-order valence-electron chi connectivity index (χ2n) is 7.65. The normalized spacial score (nSPS) is 12.8. The van der Waals surface area contributed by atoms with E-state index >= 15 is 0 Å². The zero-order chi connectivity index (χ0) is 22.2. The van der Waals surface area contributed by atoms with Crippen LogP contribution in [0.5, 0.6) is 0 Å². The molecular weight excluding hydrogens is 412 g/mol. The van der Waals surface area contributed by atoms with Crippen LogP contribution in [0.1, 0.15) is 17.6 Å². The Bertz CT molecular complexity index is 1330. The number of nitrogens with zero attached hydrogens (tertiary/aromatic N) is 1. The number of benzene rings is 3. The molecule has 3 aromatic carbocycles. The van der Waals surface area contributed by atoms with Crippen LogP contribution in [0.15, 0.2) is 82.1 Å². The first-order chi connectivity index (χ1) is 14.7. The maximum Gasteiger partial charge on any atom is 0.243 e. The molecule has 1 heterocycles. The minimum Gasteiger partial charge on any atom is -0.457 e. The Kier molecular flexibility index (Phi) is 5.58. The summed E-state index contributed by atoms with van der Waals surface area (Å²) in [7, 11) is -0.197. The summed E-state index contributed by atoms with van der Waals surface area (Å²) >= 11 is 0. The number of hydrogen-bond donors (Lipinski definition) is 2. The van der Waals surface area contributed by atoms with Crippen LogP contribution in [-0.2, 0) is 10.0 Å². The molecular formula is C24H24N2O4S. The molecule has 0 aliphatic rings.